The van der Waals surface area contributed by atoms with Crippen LogP contribution in [0.25, 0.3) is 11.1 Å². The lowest BCUT2D eigenvalue weighted by Gasteiger charge is -2.27. The summed E-state index contributed by atoms with van der Waals surface area (Å²) in [5, 5.41) is 13.4. The number of hydrogen-bond acceptors (Lipinski definition) is 6. The Bertz CT molecular complexity index is 1320. The third kappa shape index (κ3) is 6.16. The normalized spacial score (nSPS) is 16.9. The van der Waals surface area contributed by atoms with E-state index in [4.69, 9.17) is 14.3 Å². The summed E-state index contributed by atoms with van der Waals surface area (Å²) in [6.07, 6.45) is 1.47. The molecule has 3 aromatic rings. The lowest BCUT2D eigenvalue weighted by molar-refractivity contribution is -0.258. The monoisotopic (exact) mass is 544 g/mol. The quantitative estimate of drug-likeness (QED) is 0.374. The molecule has 2 N–H and O–H groups in total. The molecule has 1 aliphatic heterocycles. The van der Waals surface area contributed by atoms with E-state index in [0.717, 1.165) is 46.6 Å². The number of aliphatic carboxylic acids is 1. The van der Waals surface area contributed by atoms with E-state index in [9.17, 15) is 19.5 Å². The number of nitrogens with one attached hydrogen (secondary N) is 1. The van der Waals surface area contributed by atoms with Crippen molar-refractivity contribution in [1.82, 2.24) is 10.4 Å². The molecule has 9 nitrogen and oxygen atoms in total. The SMILES string of the molecule is CN(OC1CCCCO1)C(=O)c1ccc(C[C@H](NC(=O)OCC2c3ccccc3-c3ccccc32)C(=O)O)cc1. The Labute approximate surface area is 232 Å². The Morgan fingerprint density at radius 3 is 2.23 bits per heavy atom. The summed E-state index contributed by atoms with van der Waals surface area (Å²) in [4.78, 5) is 42.9. The van der Waals surface area contributed by atoms with Gasteiger partial charge in [-0.05, 0) is 52.8 Å². The number of benzene rings is 3. The van der Waals surface area contributed by atoms with Crippen LogP contribution in [0.2, 0.25) is 0 Å². The van der Waals surface area contributed by atoms with Crippen molar-refractivity contribution >= 4 is 18.0 Å². The van der Waals surface area contributed by atoms with E-state index >= 15 is 0 Å². The number of alkyl carbamates (subject to hydrolysis) is 1. The minimum absolute atomic E-state index is 0.0241. The highest BCUT2D eigenvalue weighted by atomic mass is 16.8. The maximum absolute atomic E-state index is 12.7. The van der Waals surface area contributed by atoms with Gasteiger partial charge in [0.15, 0.2) is 6.29 Å². The summed E-state index contributed by atoms with van der Waals surface area (Å²) in [5.41, 5.74) is 5.39. The molecule has 0 bridgehead atoms. The average Bonchev–Trinajstić information content (AvgIpc) is 3.30. The molecule has 40 heavy (non-hydrogen) atoms. The van der Waals surface area contributed by atoms with Gasteiger partial charge >= 0.3 is 12.1 Å². The number of amides is 2. The van der Waals surface area contributed by atoms with Crippen molar-refractivity contribution in [3.05, 3.63) is 95.1 Å². The largest absolute Gasteiger partial charge is 0.480 e. The first-order valence-electron chi connectivity index (χ1n) is 13.4. The van der Waals surface area contributed by atoms with Crippen molar-refractivity contribution < 1.29 is 33.8 Å². The summed E-state index contributed by atoms with van der Waals surface area (Å²) < 4.78 is 11.0. The molecule has 1 heterocycles. The fourth-order valence-corrected chi connectivity index (χ4v) is 5.20. The van der Waals surface area contributed by atoms with E-state index in [1.165, 1.54) is 7.05 Å². The summed E-state index contributed by atoms with van der Waals surface area (Å²) in [7, 11) is 1.53. The van der Waals surface area contributed by atoms with Gasteiger partial charge in [0.05, 0.1) is 0 Å². The van der Waals surface area contributed by atoms with Gasteiger partial charge in [-0.15, -0.1) is 0 Å². The van der Waals surface area contributed by atoms with E-state index in [0.29, 0.717) is 17.7 Å². The van der Waals surface area contributed by atoms with Gasteiger partial charge in [0, 0.05) is 38.0 Å². The number of ether oxygens (including phenoxy) is 2. The van der Waals surface area contributed by atoms with Crippen LogP contribution in [0.5, 0.6) is 0 Å². The zero-order chi connectivity index (χ0) is 28.1. The van der Waals surface area contributed by atoms with Gasteiger partial charge < -0.3 is 19.9 Å². The number of carboxylic acid groups (broad SMARTS) is 1. The number of carboxylic acids is 1. The maximum atomic E-state index is 12.7. The minimum atomic E-state index is -1.20. The van der Waals surface area contributed by atoms with E-state index in [-0.39, 0.29) is 24.9 Å². The Hall–Kier alpha value is -4.21. The molecule has 1 fully saturated rings. The summed E-state index contributed by atoms with van der Waals surface area (Å²) in [6, 6.07) is 21.3. The van der Waals surface area contributed by atoms with E-state index in [1.54, 1.807) is 24.3 Å². The molecular weight excluding hydrogens is 512 g/mol. The van der Waals surface area contributed by atoms with Crippen LogP contribution < -0.4 is 5.32 Å². The van der Waals surface area contributed by atoms with Gasteiger partial charge in [-0.1, -0.05) is 60.7 Å². The molecule has 1 aliphatic carbocycles. The molecule has 9 heteroatoms. The van der Waals surface area contributed by atoms with Crippen LogP contribution in [0.3, 0.4) is 0 Å². The van der Waals surface area contributed by atoms with Crippen LogP contribution in [0, 0.1) is 0 Å². The number of hydrogen-bond donors (Lipinski definition) is 2. The zero-order valence-electron chi connectivity index (χ0n) is 22.2. The van der Waals surface area contributed by atoms with Gasteiger partial charge in [-0.2, -0.15) is 0 Å². The van der Waals surface area contributed by atoms with Crippen molar-refractivity contribution in [2.45, 2.75) is 43.9 Å². The first kappa shape index (κ1) is 27.4. The van der Waals surface area contributed by atoms with Crippen molar-refractivity contribution in [3.63, 3.8) is 0 Å². The minimum Gasteiger partial charge on any atom is -0.480 e. The van der Waals surface area contributed by atoms with Gasteiger partial charge in [-0.3, -0.25) is 4.79 Å². The van der Waals surface area contributed by atoms with Crippen LogP contribution in [0.4, 0.5) is 4.79 Å². The Balaban J connectivity index is 1.16. The molecular formula is C31H32N2O7. The zero-order valence-corrected chi connectivity index (χ0v) is 22.2. The fourth-order valence-electron chi connectivity index (χ4n) is 5.20. The van der Waals surface area contributed by atoms with Crippen molar-refractivity contribution in [2.24, 2.45) is 0 Å². The number of nitrogens with zero attached hydrogens (tertiary/aromatic N) is 1. The molecule has 0 saturated carbocycles. The van der Waals surface area contributed by atoms with Crippen molar-refractivity contribution in [3.8, 4) is 11.1 Å². The van der Waals surface area contributed by atoms with Gasteiger partial charge in [0.2, 0.25) is 0 Å². The second-order valence-electron chi connectivity index (χ2n) is 9.97. The van der Waals surface area contributed by atoms with Gasteiger partial charge in [0.25, 0.3) is 5.91 Å². The molecule has 2 atom stereocenters. The van der Waals surface area contributed by atoms with Crippen molar-refractivity contribution in [2.75, 3.05) is 20.3 Å². The Morgan fingerprint density at radius 2 is 1.62 bits per heavy atom. The van der Waals surface area contributed by atoms with Crippen LogP contribution in [0.1, 0.15) is 52.2 Å². The summed E-state index contributed by atoms with van der Waals surface area (Å²) in [6.45, 7) is 0.695. The summed E-state index contributed by atoms with van der Waals surface area (Å²) >= 11 is 0. The molecule has 3 aromatic carbocycles. The van der Waals surface area contributed by atoms with Crippen LogP contribution in [-0.4, -0.2) is 60.7 Å². The first-order chi connectivity index (χ1) is 19.4. The number of hydroxylamine groups is 2. The predicted molar refractivity (Wildman–Crippen MR) is 147 cm³/mol. The topological polar surface area (TPSA) is 114 Å². The maximum Gasteiger partial charge on any atom is 0.407 e. The highest BCUT2D eigenvalue weighted by Crippen LogP contribution is 2.44. The molecule has 208 valence electrons. The van der Waals surface area contributed by atoms with Gasteiger partial charge in [0.1, 0.15) is 12.6 Å². The molecule has 0 radical (unpaired) electrons. The number of fused-ring (bicyclic) bond motifs is 3. The molecule has 1 unspecified atom stereocenters. The third-order valence-corrected chi connectivity index (χ3v) is 7.27. The second-order valence-corrected chi connectivity index (χ2v) is 9.97. The summed E-state index contributed by atoms with van der Waals surface area (Å²) in [5.74, 6) is -1.65. The standard InChI is InChI=1S/C31H32N2O7/c1-33(40-28-12-6-7-17-38-28)29(34)21-15-13-20(14-16-21)18-27(30(35)36)32-31(37)39-19-26-24-10-4-2-8-22(24)23-9-3-5-11-25(23)26/h2-5,8-11,13-16,26-28H,6-7,12,17-19H2,1H3,(H,32,37)(H,35,36)/t27-,28?/m0/s1. The Kier molecular flexibility index (Phi) is 8.42. The molecule has 2 amide bonds. The second kappa shape index (κ2) is 12.3. The van der Waals surface area contributed by atoms with E-state index in [2.05, 4.69) is 5.32 Å². The average molecular weight is 545 g/mol. The fraction of sp³-hybridized carbons (Fsp3) is 0.323. The smallest absolute Gasteiger partial charge is 0.407 e. The van der Waals surface area contributed by atoms with Crippen LogP contribution >= 0.6 is 0 Å². The Morgan fingerprint density at radius 1 is 0.975 bits per heavy atom. The molecule has 1 saturated heterocycles. The van der Waals surface area contributed by atoms with Crippen molar-refractivity contribution in [1.29, 1.82) is 0 Å². The van der Waals surface area contributed by atoms with E-state index < -0.39 is 24.4 Å². The van der Waals surface area contributed by atoms with Crippen LogP contribution in [0.15, 0.2) is 72.8 Å². The van der Waals surface area contributed by atoms with E-state index in [1.807, 2.05) is 48.5 Å². The molecule has 5 rings (SSSR count). The van der Waals surface area contributed by atoms with Crippen LogP contribution in [-0.2, 0) is 25.5 Å². The number of carbonyl (C=O) groups excluding carboxylic acids is 2. The number of carbonyl (C=O) groups is 3. The molecule has 0 spiro atoms. The highest BCUT2D eigenvalue weighted by Gasteiger charge is 2.30. The molecule has 0 aromatic heterocycles. The first-order valence-corrected chi connectivity index (χ1v) is 13.4. The number of rotatable bonds is 9. The van der Waals surface area contributed by atoms with Gasteiger partial charge in [-0.25, -0.2) is 19.5 Å². The predicted octanol–water partition coefficient (Wildman–Crippen LogP) is 4.75. The molecule has 2 aliphatic rings. The lowest BCUT2D eigenvalue weighted by atomic mass is 9.98. The highest BCUT2D eigenvalue weighted by molar-refractivity contribution is 5.93. The lowest BCUT2D eigenvalue weighted by Crippen LogP contribution is -2.42. The third-order valence-electron chi connectivity index (χ3n) is 7.27.